The summed E-state index contributed by atoms with van der Waals surface area (Å²) in [5.41, 5.74) is 5.83. The van der Waals surface area contributed by atoms with Crippen molar-refractivity contribution in [2.24, 2.45) is 5.73 Å². The smallest absolute Gasteiger partial charge is 0.337 e. The minimum Gasteiger partial charge on any atom is -0.478 e. The molecule has 1 amide bonds. The Balaban J connectivity index is 2.42. The number of nitrogens with two attached hydrogens (primary N) is 1. The largest absolute Gasteiger partial charge is 0.478 e. The van der Waals surface area contributed by atoms with E-state index in [4.69, 9.17) is 12.2 Å². The first kappa shape index (κ1) is 14.6. The van der Waals surface area contributed by atoms with Crippen LogP contribution in [0.2, 0.25) is 0 Å². The van der Waals surface area contributed by atoms with Gasteiger partial charge in [0.1, 0.15) is 0 Å². The number of fused-ring (bicyclic) bond motifs is 1. The molecule has 0 heterocycles. The first-order valence-corrected chi connectivity index (χ1v) is 6.29. The van der Waals surface area contributed by atoms with Crippen LogP contribution in [0.1, 0.15) is 16.8 Å². The molecule has 5 nitrogen and oxygen atoms in total. The van der Waals surface area contributed by atoms with Gasteiger partial charge in [-0.05, 0) is 22.9 Å². The molecule has 0 aliphatic heterocycles. The normalized spacial score (nSPS) is 11.6. The second kappa shape index (κ2) is 6.07. The first-order chi connectivity index (χ1) is 10.0. The molecule has 5 heteroatoms. The quantitative estimate of drug-likeness (QED) is 0.746. The number of aromatic carboxylic acids is 1. The van der Waals surface area contributed by atoms with Crippen LogP contribution in [0, 0.1) is 12.3 Å². The average molecular weight is 282 g/mol. The van der Waals surface area contributed by atoms with Crippen molar-refractivity contribution in [2.75, 3.05) is 5.32 Å². The highest BCUT2D eigenvalue weighted by atomic mass is 16.4. The third-order valence-corrected chi connectivity index (χ3v) is 3.05. The van der Waals surface area contributed by atoms with E-state index in [0.717, 1.165) is 10.8 Å². The number of amides is 1. The van der Waals surface area contributed by atoms with E-state index in [1.54, 1.807) is 12.1 Å². The molecule has 1 atom stereocenters. The zero-order chi connectivity index (χ0) is 15.4. The van der Waals surface area contributed by atoms with Gasteiger partial charge in [-0.15, -0.1) is 12.3 Å². The average Bonchev–Trinajstić information content (AvgIpc) is 2.46. The maximum Gasteiger partial charge on any atom is 0.337 e. The Morgan fingerprint density at radius 2 is 1.90 bits per heavy atom. The van der Waals surface area contributed by atoms with Crippen molar-refractivity contribution in [3.8, 4) is 12.3 Å². The number of benzene rings is 2. The fraction of sp³-hybridized carbons (Fsp3) is 0.125. The predicted molar refractivity (Wildman–Crippen MR) is 81.0 cm³/mol. The molecule has 0 aromatic heterocycles. The highest BCUT2D eigenvalue weighted by Gasteiger charge is 2.17. The van der Waals surface area contributed by atoms with Crippen LogP contribution in [-0.4, -0.2) is 23.0 Å². The molecule has 2 aromatic carbocycles. The molecule has 21 heavy (non-hydrogen) atoms. The van der Waals surface area contributed by atoms with E-state index in [2.05, 4.69) is 11.2 Å². The lowest BCUT2D eigenvalue weighted by molar-refractivity contribution is -0.117. The summed E-state index contributed by atoms with van der Waals surface area (Å²) in [6.07, 6.45) is 5.19. The lowest BCUT2D eigenvalue weighted by Gasteiger charge is -2.13. The number of terminal acetylenes is 1. The number of carbonyl (C=O) groups is 2. The monoisotopic (exact) mass is 282 g/mol. The van der Waals surface area contributed by atoms with Gasteiger partial charge in [-0.3, -0.25) is 4.79 Å². The molecule has 1 unspecified atom stereocenters. The number of anilines is 1. The number of carboxylic acid groups (broad SMARTS) is 1. The van der Waals surface area contributed by atoms with Gasteiger partial charge in [0.15, 0.2) is 0 Å². The molecule has 106 valence electrons. The van der Waals surface area contributed by atoms with Crippen molar-refractivity contribution in [1.29, 1.82) is 0 Å². The van der Waals surface area contributed by atoms with Crippen LogP contribution in [-0.2, 0) is 4.79 Å². The minimum atomic E-state index is -1.12. The lowest BCUT2D eigenvalue weighted by atomic mass is 10.0. The summed E-state index contributed by atoms with van der Waals surface area (Å²) in [5, 5.41) is 13.4. The molecule has 2 aromatic rings. The maximum atomic E-state index is 11.9. The molecule has 0 radical (unpaired) electrons. The summed E-state index contributed by atoms with van der Waals surface area (Å²) in [6, 6.07) is 9.53. The van der Waals surface area contributed by atoms with Gasteiger partial charge in [0.05, 0.1) is 17.3 Å². The first-order valence-electron chi connectivity index (χ1n) is 6.29. The Hall–Kier alpha value is -2.84. The Bertz CT molecular complexity index is 747. The van der Waals surface area contributed by atoms with Crippen molar-refractivity contribution in [3.05, 3.63) is 42.0 Å². The number of hydrogen-bond acceptors (Lipinski definition) is 3. The molecular weight excluding hydrogens is 268 g/mol. The number of hydrogen-bond donors (Lipinski definition) is 3. The topological polar surface area (TPSA) is 92.4 Å². The molecule has 2 rings (SSSR count). The van der Waals surface area contributed by atoms with E-state index in [1.807, 2.05) is 18.2 Å². The Kier molecular flexibility index (Phi) is 4.21. The molecular formula is C16H14N2O3. The van der Waals surface area contributed by atoms with Crippen molar-refractivity contribution >= 4 is 28.3 Å². The molecule has 0 saturated heterocycles. The number of nitrogens with one attached hydrogen (secondary N) is 1. The van der Waals surface area contributed by atoms with Crippen LogP contribution < -0.4 is 11.1 Å². The fourth-order valence-electron chi connectivity index (χ4n) is 1.97. The van der Waals surface area contributed by atoms with Gasteiger partial charge in [-0.2, -0.15) is 0 Å². The number of carbonyl (C=O) groups excluding carboxylic acids is 1. The Labute approximate surface area is 121 Å². The predicted octanol–water partition coefficient (Wildman–Crippen LogP) is 1.83. The maximum absolute atomic E-state index is 11.9. The van der Waals surface area contributed by atoms with Crippen molar-refractivity contribution < 1.29 is 14.7 Å². The van der Waals surface area contributed by atoms with Crippen LogP contribution in [0.15, 0.2) is 36.4 Å². The van der Waals surface area contributed by atoms with Crippen LogP contribution >= 0.6 is 0 Å². The highest BCUT2D eigenvalue weighted by molar-refractivity contribution is 6.06. The fourth-order valence-corrected chi connectivity index (χ4v) is 1.97. The second-order valence-electron chi connectivity index (χ2n) is 4.55. The van der Waals surface area contributed by atoms with Gasteiger partial charge in [0.2, 0.25) is 5.91 Å². The SMILES string of the molecule is C#CCC(N)C(=O)Nc1cc2ccccc2cc1C(=O)O. The third kappa shape index (κ3) is 3.19. The van der Waals surface area contributed by atoms with Crippen molar-refractivity contribution in [2.45, 2.75) is 12.5 Å². The molecule has 0 spiro atoms. The van der Waals surface area contributed by atoms with Crippen molar-refractivity contribution in [3.63, 3.8) is 0 Å². The molecule has 0 aliphatic rings. The molecule has 0 fully saturated rings. The third-order valence-electron chi connectivity index (χ3n) is 3.05. The van der Waals surface area contributed by atoms with Gasteiger partial charge >= 0.3 is 5.97 Å². The second-order valence-corrected chi connectivity index (χ2v) is 4.55. The van der Waals surface area contributed by atoms with Gasteiger partial charge in [0, 0.05) is 6.42 Å². The Morgan fingerprint density at radius 3 is 2.48 bits per heavy atom. The van der Waals surface area contributed by atoms with Crippen molar-refractivity contribution in [1.82, 2.24) is 0 Å². The molecule has 0 saturated carbocycles. The van der Waals surface area contributed by atoms with E-state index in [-0.39, 0.29) is 17.7 Å². The zero-order valence-electron chi connectivity index (χ0n) is 11.2. The lowest BCUT2D eigenvalue weighted by Crippen LogP contribution is -2.35. The van der Waals surface area contributed by atoms with Gasteiger partial charge in [-0.25, -0.2) is 4.79 Å². The summed E-state index contributed by atoms with van der Waals surface area (Å²) >= 11 is 0. The Morgan fingerprint density at radius 1 is 1.29 bits per heavy atom. The molecule has 0 aliphatic carbocycles. The van der Waals surface area contributed by atoms with Crippen LogP contribution in [0.25, 0.3) is 10.8 Å². The standard InChI is InChI=1S/C16H14N2O3/c1-2-5-13(17)15(19)18-14-9-11-7-4-3-6-10(11)8-12(14)16(20)21/h1,3-4,6-9,13H,5,17H2,(H,18,19)(H,20,21). The van der Waals surface area contributed by atoms with Crippen LogP contribution in [0.3, 0.4) is 0 Å². The minimum absolute atomic E-state index is 0.00922. The number of carboxylic acids is 1. The molecule has 0 bridgehead atoms. The van der Waals surface area contributed by atoms with E-state index in [9.17, 15) is 14.7 Å². The van der Waals surface area contributed by atoms with E-state index in [1.165, 1.54) is 6.07 Å². The molecule has 4 N–H and O–H groups in total. The zero-order valence-corrected chi connectivity index (χ0v) is 11.2. The summed E-state index contributed by atoms with van der Waals surface area (Å²) < 4.78 is 0. The van der Waals surface area contributed by atoms with E-state index >= 15 is 0 Å². The summed E-state index contributed by atoms with van der Waals surface area (Å²) in [5.74, 6) is 0.667. The summed E-state index contributed by atoms with van der Waals surface area (Å²) in [4.78, 5) is 23.2. The summed E-state index contributed by atoms with van der Waals surface area (Å²) in [7, 11) is 0. The highest BCUT2D eigenvalue weighted by Crippen LogP contribution is 2.24. The van der Waals surface area contributed by atoms with Gasteiger partial charge in [-0.1, -0.05) is 24.3 Å². The summed E-state index contributed by atoms with van der Waals surface area (Å²) in [6.45, 7) is 0. The van der Waals surface area contributed by atoms with Crippen LogP contribution in [0.5, 0.6) is 0 Å². The van der Waals surface area contributed by atoms with Crippen LogP contribution in [0.4, 0.5) is 5.69 Å². The van der Waals surface area contributed by atoms with Gasteiger partial charge < -0.3 is 16.2 Å². The number of rotatable bonds is 4. The van der Waals surface area contributed by atoms with Gasteiger partial charge in [0.25, 0.3) is 0 Å². The van der Waals surface area contributed by atoms with E-state index < -0.39 is 17.9 Å². The van der Waals surface area contributed by atoms with E-state index in [0.29, 0.717) is 0 Å².